The van der Waals surface area contributed by atoms with E-state index in [9.17, 15) is 0 Å². The monoisotopic (exact) mass is 165 g/mol. The SMILES string of the molecule is CCCc1ccc(NOC)cc1. The van der Waals surface area contributed by atoms with Crippen LogP contribution in [0.25, 0.3) is 0 Å². The van der Waals surface area contributed by atoms with Gasteiger partial charge in [0.05, 0.1) is 12.8 Å². The van der Waals surface area contributed by atoms with E-state index in [1.54, 1.807) is 7.11 Å². The zero-order valence-corrected chi connectivity index (χ0v) is 7.63. The van der Waals surface area contributed by atoms with Crippen LogP contribution in [-0.4, -0.2) is 7.11 Å². The molecule has 0 saturated heterocycles. The average Bonchev–Trinajstić information content (AvgIpc) is 2.09. The predicted molar refractivity (Wildman–Crippen MR) is 51.1 cm³/mol. The number of hydrogen-bond donors (Lipinski definition) is 1. The number of hydrogen-bond acceptors (Lipinski definition) is 2. The van der Waals surface area contributed by atoms with Gasteiger partial charge in [-0.25, -0.2) is 0 Å². The summed E-state index contributed by atoms with van der Waals surface area (Å²) < 4.78 is 0. The molecule has 1 aromatic rings. The predicted octanol–water partition coefficient (Wildman–Crippen LogP) is 2.61. The minimum Gasteiger partial charge on any atom is -0.279 e. The zero-order valence-electron chi connectivity index (χ0n) is 7.63. The van der Waals surface area contributed by atoms with Crippen LogP contribution in [0.3, 0.4) is 0 Å². The third kappa shape index (κ3) is 2.55. The Morgan fingerprint density at radius 3 is 2.42 bits per heavy atom. The van der Waals surface area contributed by atoms with E-state index in [2.05, 4.69) is 24.5 Å². The highest BCUT2D eigenvalue weighted by Crippen LogP contribution is 2.10. The van der Waals surface area contributed by atoms with Crippen LogP contribution in [0.4, 0.5) is 5.69 Å². The molecule has 0 spiro atoms. The highest BCUT2D eigenvalue weighted by Gasteiger charge is 1.91. The Morgan fingerprint density at radius 1 is 1.25 bits per heavy atom. The van der Waals surface area contributed by atoms with E-state index in [1.807, 2.05) is 12.1 Å². The van der Waals surface area contributed by atoms with E-state index < -0.39 is 0 Å². The van der Waals surface area contributed by atoms with Gasteiger partial charge in [0.15, 0.2) is 0 Å². The Balaban J connectivity index is 2.58. The molecule has 0 heterocycles. The van der Waals surface area contributed by atoms with Gasteiger partial charge in [-0.05, 0) is 24.1 Å². The lowest BCUT2D eigenvalue weighted by atomic mass is 10.1. The van der Waals surface area contributed by atoms with Crippen LogP contribution in [0.1, 0.15) is 18.9 Å². The number of aryl methyl sites for hydroxylation is 1. The second kappa shape index (κ2) is 4.78. The summed E-state index contributed by atoms with van der Waals surface area (Å²) in [6.07, 6.45) is 2.34. The number of anilines is 1. The molecule has 0 unspecified atom stereocenters. The Kier molecular flexibility index (Phi) is 3.61. The largest absolute Gasteiger partial charge is 0.279 e. The highest BCUT2D eigenvalue weighted by atomic mass is 16.6. The first-order valence-electron chi connectivity index (χ1n) is 4.24. The zero-order chi connectivity index (χ0) is 8.81. The van der Waals surface area contributed by atoms with Gasteiger partial charge >= 0.3 is 0 Å². The van der Waals surface area contributed by atoms with Gasteiger partial charge in [0.1, 0.15) is 0 Å². The van der Waals surface area contributed by atoms with Gasteiger partial charge in [-0.1, -0.05) is 25.5 Å². The van der Waals surface area contributed by atoms with E-state index >= 15 is 0 Å². The van der Waals surface area contributed by atoms with Crippen molar-refractivity contribution in [1.82, 2.24) is 0 Å². The van der Waals surface area contributed by atoms with Gasteiger partial charge in [0, 0.05) is 0 Å². The van der Waals surface area contributed by atoms with Crippen molar-refractivity contribution in [2.45, 2.75) is 19.8 Å². The molecule has 0 aliphatic heterocycles. The third-order valence-corrected chi connectivity index (χ3v) is 1.71. The number of nitrogens with one attached hydrogen (secondary N) is 1. The third-order valence-electron chi connectivity index (χ3n) is 1.71. The Labute approximate surface area is 73.5 Å². The molecule has 0 bridgehead atoms. The van der Waals surface area contributed by atoms with Crippen LogP contribution in [-0.2, 0) is 11.3 Å². The van der Waals surface area contributed by atoms with Crippen LogP contribution in [0.2, 0.25) is 0 Å². The van der Waals surface area contributed by atoms with E-state index in [1.165, 1.54) is 12.0 Å². The van der Waals surface area contributed by atoms with E-state index in [4.69, 9.17) is 4.84 Å². The summed E-state index contributed by atoms with van der Waals surface area (Å²) in [6.45, 7) is 2.18. The summed E-state index contributed by atoms with van der Waals surface area (Å²) in [6, 6.07) is 8.28. The van der Waals surface area contributed by atoms with Crippen molar-refractivity contribution in [3.8, 4) is 0 Å². The van der Waals surface area contributed by atoms with Crippen LogP contribution in [0.5, 0.6) is 0 Å². The molecule has 0 aliphatic carbocycles. The lowest BCUT2D eigenvalue weighted by Crippen LogP contribution is -1.95. The maximum Gasteiger partial charge on any atom is 0.0636 e. The van der Waals surface area contributed by atoms with E-state index in [0.717, 1.165) is 12.1 Å². The molecule has 1 N–H and O–H groups in total. The Morgan fingerprint density at radius 2 is 1.92 bits per heavy atom. The fourth-order valence-corrected chi connectivity index (χ4v) is 1.15. The molecule has 0 fully saturated rings. The topological polar surface area (TPSA) is 21.3 Å². The average molecular weight is 165 g/mol. The normalized spacial score (nSPS) is 9.83. The standard InChI is InChI=1S/C10H15NO/c1-3-4-9-5-7-10(8-6-9)11-12-2/h5-8,11H,3-4H2,1-2H3. The summed E-state index contributed by atoms with van der Waals surface area (Å²) in [7, 11) is 1.61. The van der Waals surface area contributed by atoms with Gasteiger partial charge in [-0.3, -0.25) is 10.3 Å². The van der Waals surface area contributed by atoms with Gasteiger partial charge in [-0.15, -0.1) is 0 Å². The molecule has 0 atom stereocenters. The maximum absolute atomic E-state index is 4.78. The fraction of sp³-hybridized carbons (Fsp3) is 0.400. The summed E-state index contributed by atoms with van der Waals surface area (Å²) in [5, 5.41) is 0. The maximum atomic E-state index is 4.78. The molecule has 2 nitrogen and oxygen atoms in total. The van der Waals surface area contributed by atoms with Crippen molar-refractivity contribution in [3.05, 3.63) is 29.8 Å². The van der Waals surface area contributed by atoms with Crippen molar-refractivity contribution < 1.29 is 4.84 Å². The lowest BCUT2D eigenvalue weighted by Gasteiger charge is -2.03. The second-order valence-electron chi connectivity index (χ2n) is 2.75. The molecular weight excluding hydrogens is 150 g/mol. The Hall–Kier alpha value is -1.02. The highest BCUT2D eigenvalue weighted by molar-refractivity contribution is 5.42. The van der Waals surface area contributed by atoms with Crippen molar-refractivity contribution in [1.29, 1.82) is 0 Å². The molecule has 0 aliphatic rings. The smallest absolute Gasteiger partial charge is 0.0636 e. The minimum atomic E-state index is 0.998. The minimum absolute atomic E-state index is 0.998. The van der Waals surface area contributed by atoms with E-state index in [-0.39, 0.29) is 0 Å². The molecule has 66 valence electrons. The first kappa shape index (κ1) is 9.07. The van der Waals surface area contributed by atoms with Crippen LogP contribution >= 0.6 is 0 Å². The molecule has 0 aromatic heterocycles. The number of rotatable bonds is 4. The van der Waals surface area contributed by atoms with Crippen molar-refractivity contribution in [3.63, 3.8) is 0 Å². The lowest BCUT2D eigenvalue weighted by molar-refractivity contribution is 0.271. The van der Waals surface area contributed by atoms with Gasteiger partial charge in [0.25, 0.3) is 0 Å². The number of benzene rings is 1. The molecule has 0 saturated carbocycles. The van der Waals surface area contributed by atoms with Crippen molar-refractivity contribution in [2.75, 3.05) is 12.6 Å². The van der Waals surface area contributed by atoms with Gasteiger partial charge in [-0.2, -0.15) is 0 Å². The van der Waals surface area contributed by atoms with Crippen molar-refractivity contribution in [2.24, 2.45) is 0 Å². The molecule has 1 aromatic carbocycles. The van der Waals surface area contributed by atoms with Crippen LogP contribution < -0.4 is 5.48 Å². The van der Waals surface area contributed by atoms with Crippen LogP contribution in [0.15, 0.2) is 24.3 Å². The summed E-state index contributed by atoms with van der Waals surface area (Å²) in [5.41, 5.74) is 5.15. The van der Waals surface area contributed by atoms with Crippen molar-refractivity contribution >= 4 is 5.69 Å². The quantitative estimate of drug-likeness (QED) is 0.692. The molecule has 12 heavy (non-hydrogen) atoms. The molecule has 2 heteroatoms. The molecule has 0 amide bonds. The molecule has 1 rings (SSSR count). The summed E-state index contributed by atoms with van der Waals surface area (Å²) in [5.74, 6) is 0. The fourth-order valence-electron chi connectivity index (χ4n) is 1.15. The van der Waals surface area contributed by atoms with Gasteiger partial charge < -0.3 is 0 Å². The summed E-state index contributed by atoms with van der Waals surface area (Å²) in [4.78, 5) is 4.78. The molecule has 0 radical (unpaired) electrons. The van der Waals surface area contributed by atoms with Gasteiger partial charge in [0.2, 0.25) is 0 Å². The first-order valence-corrected chi connectivity index (χ1v) is 4.24. The Bertz CT molecular complexity index is 193. The van der Waals surface area contributed by atoms with E-state index in [0.29, 0.717) is 0 Å². The summed E-state index contributed by atoms with van der Waals surface area (Å²) >= 11 is 0. The van der Waals surface area contributed by atoms with Crippen LogP contribution in [0, 0.1) is 0 Å². The second-order valence-corrected chi connectivity index (χ2v) is 2.75. The molecular formula is C10H15NO. The first-order chi connectivity index (χ1) is 5.86.